The third-order valence-corrected chi connectivity index (χ3v) is 3.50. The Morgan fingerprint density at radius 2 is 1.80 bits per heavy atom. The summed E-state index contributed by atoms with van der Waals surface area (Å²) in [4.78, 5) is 2.23. The molecule has 0 aliphatic heterocycles. The quantitative estimate of drug-likeness (QED) is 0.903. The van der Waals surface area contributed by atoms with E-state index in [4.69, 9.17) is 5.73 Å². The molecule has 0 saturated heterocycles. The molecule has 2 N–H and O–H groups in total. The summed E-state index contributed by atoms with van der Waals surface area (Å²) >= 11 is 0. The minimum Gasteiger partial charge on any atom is -0.394 e. The van der Waals surface area contributed by atoms with E-state index in [2.05, 4.69) is 55.0 Å². The van der Waals surface area contributed by atoms with Crippen LogP contribution in [0.2, 0.25) is 0 Å². The number of nitrogen functional groups attached to an aromatic ring is 1. The van der Waals surface area contributed by atoms with Gasteiger partial charge in [0.25, 0.3) is 0 Å². The summed E-state index contributed by atoms with van der Waals surface area (Å²) in [6.45, 7) is 10.1. The molecule has 0 spiro atoms. The molecule has 4 heteroatoms. The SMILES string of the molecule is CCCn1nc(C)c(N)c1N(CC)c1ccc(C)cc1. The average Bonchev–Trinajstić information content (AvgIpc) is 2.70. The maximum absolute atomic E-state index is 6.25. The predicted octanol–water partition coefficient (Wildman–Crippen LogP) is 3.65. The molecule has 1 aromatic carbocycles. The van der Waals surface area contributed by atoms with Gasteiger partial charge in [-0.2, -0.15) is 5.10 Å². The lowest BCUT2D eigenvalue weighted by Crippen LogP contribution is -2.21. The first-order valence-electron chi connectivity index (χ1n) is 7.25. The van der Waals surface area contributed by atoms with Crippen molar-refractivity contribution >= 4 is 17.2 Å². The summed E-state index contributed by atoms with van der Waals surface area (Å²) in [6.07, 6.45) is 1.04. The molecule has 2 rings (SSSR count). The second kappa shape index (κ2) is 5.99. The van der Waals surface area contributed by atoms with Gasteiger partial charge >= 0.3 is 0 Å². The lowest BCUT2D eigenvalue weighted by Gasteiger charge is -2.24. The van der Waals surface area contributed by atoms with Crippen LogP contribution >= 0.6 is 0 Å². The fourth-order valence-electron chi connectivity index (χ4n) is 2.41. The lowest BCUT2D eigenvalue weighted by atomic mass is 10.2. The van der Waals surface area contributed by atoms with Gasteiger partial charge in [-0.25, -0.2) is 4.68 Å². The molecule has 0 radical (unpaired) electrons. The first-order chi connectivity index (χ1) is 9.58. The number of hydrogen-bond donors (Lipinski definition) is 1. The predicted molar refractivity (Wildman–Crippen MR) is 85.5 cm³/mol. The highest BCUT2D eigenvalue weighted by atomic mass is 15.4. The highest BCUT2D eigenvalue weighted by Gasteiger charge is 2.19. The van der Waals surface area contributed by atoms with E-state index in [1.54, 1.807) is 0 Å². The molecule has 0 unspecified atom stereocenters. The molecule has 2 aromatic rings. The van der Waals surface area contributed by atoms with Gasteiger partial charge in [-0.15, -0.1) is 0 Å². The van der Waals surface area contributed by atoms with Crippen LogP contribution in [-0.2, 0) is 6.54 Å². The number of aryl methyl sites for hydroxylation is 3. The Balaban J connectivity index is 2.48. The first kappa shape index (κ1) is 14.4. The zero-order chi connectivity index (χ0) is 14.7. The Hall–Kier alpha value is -1.97. The van der Waals surface area contributed by atoms with Crippen LogP contribution in [0.4, 0.5) is 17.2 Å². The molecule has 0 bridgehead atoms. The van der Waals surface area contributed by atoms with Crippen molar-refractivity contribution in [3.63, 3.8) is 0 Å². The minimum atomic E-state index is 0.779. The summed E-state index contributed by atoms with van der Waals surface area (Å²) in [6, 6.07) is 8.52. The zero-order valence-electron chi connectivity index (χ0n) is 12.8. The smallest absolute Gasteiger partial charge is 0.155 e. The zero-order valence-corrected chi connectivity index (χ0v) is 12.8. The molecular weight excluding hydrogens is 248 g/mol. The number of benzene rings is 1. The van der Waals surface area contributed by atoms with Crippen molar-refractivity contribution in [2.24, 2.45) is 0 Å². The summed E-state index contributed by atoms with van der Waals surface area (Å²) in [5, 5.41) is 4.56. The third kappa shape index (κ3) is 2.64. The molecule has 0 aliphatic rings. The van der Waals surface area contributed by atoms with Crippen LogP contribution in [0.25, 0.3) is 0 Å². The van der Waals surface area contributed by atoms with Crippen molar-refractivity contribution in [1.29, 1.82) is 0 Å². The van der Waals surface area contributed by atoms with Gasteiger partial charge in [0, 0.05) is 18.8 Å². The van der Waals surface area contributed by atoms with E-state index in [9.17, 15) is 0 Å². The normalized spacial score (nSPS) is 10.8. The van der Waals surface area contributed by atoms with Gasteiger partial charge in [-0.05, 0) is 39.3 Å². The van der Waals surface area contributed by atoms with Crippen LogP contribution in [0, 0.1) is 13.8 Å². The van der Waals surface area contributed by atoms with Crippen LogP contribution < -0.4 is 10.6 Å². The average molecular weight is 272 g/mol. The molecule has 1 heterocycles. The van der Waals surface area contributed by atoms with Crippen molar-refractivity contribution in [2.75, 3.05) is 17.2 Å². The van der Waals surface area contributed by atoms with Crippen LogP contribution in [0.3, 0.4) is 0 Å². The summed E-state index contributed by atoms with van der Waals surface area (Å²) in [5.74, 6) is 1.01. The Morgan fingerprint density at radius 3 is 2.35 bits per heavy atom. The standard InChI is InChI=1S/C16H24N4/c1-5-11-20-16(15(17)13(4)18-20)19(6-2)14-9-7-12(3)8-10-14/h7-10H,5-6,11,17H2,1-4H3. The molecule has 1 aromatic heterocycles. The number of aromatic nitrogens is 2. The first-order valence-corrected chi connectivity index (χ1v) is 7.25. The van der Waals surface area contributed by atoms with Crippen molar-refractivity contribution in [3.8, 4) is 0 Å². The highest BCUT2D eigenvalue weighted by Crippen LogP contribution is 2.32. The molecule has 0 fully saturated rings. The fraction of sp³-hybridized carbons (Fsp3) is 0.438. The Kier molecular flexibility index (Phi) is 4.32. The summed E-state index contributed by atoms with van der Waals surface area (Å²) < 4.78 is 2.02. The Labute approximate surface area is 121 Å². The van der Waals surface area contributed by atoms with Crippen LogP contribution in [0.1, 0.15) is 31.5 Å². The van der Waals surface area contributed by atoms with Crippen molar-refractivity contribution in [3.05, 3.63) is 35.5 Å². The fourth-order valence-corrected chi connectivity index (χ4v) is 2.41. The van der Waals surface area contributed by atoms with Gasteiger partial charge in [0.05, 0.1) is 11.4 Å². The van der Waals surface area contributed by atoms with E-state index in [1.807, 2.05) is 11.6 Å². The van der Waals surface area contributed by atoms with E-state index in [0.29, 0.717) is 0 Å². The van der Waals surface area contributed by atoms with E-state index < -0.39 is 0 Å². The van der Waals surface area contributed by atoms with Crippen molar-refractivity contribution < 1.29 is 0 Å². The van der Waals surface area contributed by atoms with Crippen LogP contribution in [-0.4, -0.2) is 16.3 Å². The van der Waals surface area contributed by atoms with E-state index in [0.717, 1.165) is 42.4 Å². The molecule has 108 valence electrons. The largest absolute Gasteiger partial charge is 0.394 e. The van der Waals surface area contributed by atoms with Crippen molar-refractivity contribution in [1.82, 2.24) is 9.78 Å². The van der Waals surface area contributed by atoms with Crippen molar-refractivity contribution in [2.45, 2.75) is 40.7 Å². The van der Waals surface area contributed by atoms with Gasteiger partial charge < -0.3 is 10.6 Å². The van der Waals surface area contributed by atoms with E-state index >= 15 is 0 Å². The van der Waals surface area contributed by atoms with Gasteiger partial charge in [0.2, 0.25) is 0 Å². The lowest BCUT2D eigenvalue weighted by molar-refractivity contribution is 0.596. The van der Waals surface area contributed by atoms with E-state index in [-0.39, 0.29) is 0 Å². The second-order valence-corrected chi connectivity index (χ2v) is 5.13. The molecule has 0 aliphatic carbocycles. The molecule has 0 amide bonds. The van der Waals surface area contributed by atoms with Gasteiger partial charge in [-0.3, -0.25) is 0 Å². The maximum atomic E-state index is 6.25. The number of nitrogens with zero attached hydrogens (tertiary/aromatic N) is 3. The highest BCUT2D eigenvalue weighted by molar-refractivity contribution is 5.73. The molecule has 20 heavy (non-hydrogen) atoms. The van der Waals surface area contributed by atoms with Crippen LogP contribution in [0.15, 0.2) is 24.3 Å². The van der Waals surface area contributed by atoms with E-state index in [1.165, 1.54) is 5.56 Å². The number of nitrogens with two attached hydrogens (primary N) is 1. The third-order valence-electron chi connectivity index (χ3n) is 3.50. The number of hydrogen-bond acceptors (Lipinski definition) is 3. The van der Waals surface area contributed by atoms with Gasteiger partial charge in [-0.1, -0.05) is 24.6 Å². The minimum absolute atomic E-state index is 0.779. The molecule has 0 atom stereocenters. The number of rotatable bonds is 5. The maximum Gasteiger partial charge on any atom is 0.155 e. The molecule has 4 nitrogen and oxygen atoms in total. The van der Waals surface area contributed by atoms with Gasteiger partial charge in [0.15, 0.2) is 5.82 Å². The monoisotopic (exact) mass is 272 g/mol. The molecule has 0 saturated carbocycles. The Bertz CT molecular complexity index is 569. The molecular formula is C16H24N4. The topological polar surface area (TPSA) is 47.1 Å². The Morgan fingerprint density at radius 1 is 1.15 bits per heavy atom. The number of anilines is 3. The van der Waals surface area contributed by atoms with Crippen LogP contribution in [0.5, 0.6) is 0 Å². The summed E-state index contributed by atoms with van der Waals surface area (Å²) in [5.41, 5.74) is 10.3. The summed E-state index contributed by atoms with van der Waals surface area (Å²) in [7, 11) is 0. The van der Waals surface area contributed by atoms with Gasteiger partial charge in [0.1, 0.15) is 0 Å². The second-order valence-electron chi connectivity index (χ2n) is 5.13.